The second-order valence-electron chi connectivity index (χ2n) is 5.03. The van der Waals surface area contributed by atoms with E-state index in [0.717, 1.165) is 17.9 Å². The van der Waals surface area contributed by atoms with Crippen molar-refractivity contribution in [2.45, 2.75) is 27.2 Å². The largest absolute Gasteiger partial charge is 0.493 e. The van der Waals surface area contributed by atoms with Gasteiger partial charge in [0.2, 0.25) is 0 Å². The molecule has 0 radical (unpaired) electrons. The van der Waals surface area contributed by atoms with Crippen LogP contribution in [0, 0.1) is 23.7 Å². The van der Waals surface area contributed by atoms with Gasteiger partial charge in [-0.2, -0.15) is 0 Å². The van der Waals surface area contributed by atoms with Crippen molar-refractivity contribution in [3.63, 3.8) is 0 Å². The van der Waals surface area contributed by atoms with Crippen molar-refractivity contribution in [2.75, 3.05) is 13.2 Å². The van der Waals surface area contributed by atoms with Gasteiger partial charge in [-0.1, -0.05) is 32.6 Å². The SMILES string of the molecule is CC(C)CC(C)COc1ccc(C#CCO)cc1. The van der Waals surface area contributed by atoms with Crippen LogP contribution in [0.25, 0.3) is 0 Å². The van der Waals surface area contributed by atoms with E-state index in [9.17, 15) is 0 Å². The summed E-state index contributed by atoms with van der Waals surface area (Å²) in [5.41, 5.74) is 0.895. The zero-order valence-corrected chi connectivity index (χ0v) is 11.4. The van der Waals surface area contributed by atoms with Crippen molar-refractivity contribution in [1.29, 1.82) is 0 Å². The average Bonchev–Trinajstić information content (AvgIpc) is 2.34. The fourth-order valence-electron chi connectivity index (χ4n) is 1.89. The zero-order valence-electron chi connectivity index (χ0n) is 11.4. The van der Waals surface area contributed by atoms with Crippen LogP contribution in [-0.4, -0.2) is 18.3 Å². The first kappa shape index (κ1) is 14.6. The van der Waals surface area contributed by atoms with Gasteiger partial charge in [0.25, 0.3) is 0 Å². The predicted octanol–water partition coefficient (Wildman–Crippen LogP) is 3.09. The molecule has 0 amide bonds. The van der Waals surface area contributed by atoms with Crippen LogP contribution in [0.5, 0.6) is 5.75 Å². The molecule has 0 saturated heterocycles. The minimum atomic E-state index is -0.106. The monoisotopic (exact) mass is 246 g/mol. The Morgan fingerprint density at radius 1 is 1.17 bits per heavy atom. The van der Waals surface area contributed by atoms with Crippen LogP contribution < -0.4 is 4.74 Å². The summed E-state index contributed by atoms with van der Waals surface area (Å²) in [5, 5.41) is 8.60. The van der Waals surface area contributed by atoms with Gasteiger partial charge in [-0.05, 0) is 42.5 Å². The van der Waals surface area contributed by atoms with E-state index in [-0.39, 0.29) is 6.61 Å². The fourth-order valence-corrected chi connectivity index (χ4v) is 1.89. The summed E-state index contributed by atoms with van der Waals surface area (Å²) < 4.78 is 5.73. The number of aliphatic hydroxyl groups excluding tert-OH is 1. The highest BCUT2D eigenvalue weighted by atomic mass is 16.5. The smallest absolute Gasteiger partial charge is 0.119 e. The third-order valence-corrected chi connectivity index (χ3v) is 2.57. The van der Waals surface area contributed by atoms with Crippen molar-refractivity contribution >= 4 is 0 Å². The van der Waals surface area contributed by atoms with Crippen LogP contribution in [0.1, 0.15) is 32.8 Å². The van der Waals surface area contributed by atoms with Crippen molar-refractivity contribution in [2.24, 2.45) is 11.8 Å². The molecule has 2 nitrogen and oxygen atoms in total. The molecular formula is C16H22O2. The maximum atomic E-state index is 8.60. The van der Waals surface area contributed by atoms with Crippen LogP contribution in [0.2, 0.25) is 0 Å². The summed E-state index contributed by atoms with van der Waals surface area (Å²) in [7, 11) is 0. The summed E-state index contributed by atoms with van der Waals surface area (Å²) in [4.78, 5) is 0. The van der Waals surface area contributed by atoms with E-state index in [0.29, 0.717) is 11.8 Å². The lowest BCUT2D eigenvalue weighted by atomic mass is 10.00. The molecule has 1 aromatic carbocycles. The lowest BCUT2D eigenvalue weighted by molar-refractivity contribution is 0.239. The molecule has 1 N–H and O–H groups in total. The van der Waals surface area contributed by atoms with Crippen LogP contribution >= 0.6 is 0 Å². The van der Waals surface area contributed by atoms with Crippen molar-refractivity contribution < 1.29 is 9.84 Å². The number of benzene rings is 1. The van der Waals surface area contributed by atoms with E-state index in [1.165, 1.54) is 6.42 Å². The third kappa shape index (κ3) is 5.75. The van der Waals surface area contributed by atoms with E-state index < -0.39 is 0 Å². The molecule has 0 aliphatic heterocycles. The molecule has 2 heteroatoms. The highest BCUT2D eigenvalue weighted by Crippen LogP contribution is 2.15. The molecule has 0 heterocycles. The number of ether oxygens (including phenoxy) is 1. The zero-order chi connectivity index (χ0) is 13.4. The highest BCUT2D eigenvalue weighted by molar-refractivity contribution is 5.38. The lowest BCUT2D eigenvalue weighted by Gasteiger charge is -2.14. The Hall–Kier alpha value is -1.46. The molecule has 98 valence electrons. The van der Waals surface area contributed by atoms with Crippen molar-refractivity contribution in [3.8, 4) is 17.6 Å². The summed E-state index contributed by atoms with van der Waals surface area (Å²) in [5.74, 6) is 7.63. The van der Waals surface area contributed by atoms with E-state index >= 15 is 0 Å². The molecule has 1 rings (SSSR count). The molecule has 0 fully saturated rings. The standard InChI is InChI=1S/C16H22O2/c1-13(2)11-14(3)12-18-16-8-6-15(7-9-16)5-4-10-17/h6-9,13-14,17H,10-12H2,1-3H3. The van der Waals surface area contributed by atoms with Gasteiger partial charge in [-0.25, -0.2) is 0 Å². The Morgan fingerprint density at radius 3 is 2.39 bits per heavy atom. The normalized spacial score (nSPS) is 11.8. The molecule has 18 heavy (non-hydrogen) atoms. The first-order chi connectivity index (χ1) is 8.61. The summed E-state index contributed by atoms with van der Waals surface area (Å²) in [6, 6.07) is 7.66. The molecule has 0 bridgehead atoms. The number of aliphatic hydroxyl groups is 1. The molecular weight excluding hydrogens is 224 g/mol. The Labute approximate surface area is 110 Å². The van der Waals surface area contributed by atoms with Gasteiger partial charge < -0.3 is 9.84 Å². The average molecular weight is 246 g/mol. The fraction of sp³-hybridized carbons (Fsp3) is 0.500. The van der Waals surface area contributed by atoms with Gasteiger partial charge in [0.1, 0.15) is 12.4 Å². The molecule has 0 aromatic heterocycles. The van der Waals surface area contributed by atoms with Gasteiger partial charge in [0, 0.05) is 5.56 Å². The molecule has 0 spiro atoms. The topological polar surface area (TPSA) is 29.5 Å². The van der Waals surface area contributed by atoms with Crippen LogP contribution in [0.15, 0.2) is 24.3 Å². The minimum Gasteiger partial charge on any atom is -0.493 e. The molecule has 0 aliphatic rings. The van der Waals surface area contributed by atoms with Gasteiger partial charge in [-0.15, -0.1) is 0 Å². The van der Waals surface area contributed by atoms with Crippen LogP contribution in [0.3, 0.4) is 0 Å². The molecule has 0 saturated carbocycles. The van der Waals surface area contributed by atoms with Crippen LogP contribution in [0.4, 0.5) is 0 Å². The Kier molecular flexibility index (Phi) is 6.32. The third-order valence-electron chi connectivity index (χ3n) is 2.57. The first-order valence-electron chi connectivity index (χ1n) is 6.44. The van der Waals surface area contributed by atoms with Crippen molar-refractivity contribution in [3.05, 3.63) is 29.8 Å². The summed E-state index contributed by atoms with van der Waals surface area (Å²) >= 11 is 0. The second kappa shape index (κ2) is 7.79. The van der Waals surface area contributed by atoms with E-state index in [1.54, 1.807) is 0 Å². The quantitative estimate of drug-likeness (QED) is 0.809. The van der Waals surface area contributed by atoms with Gasteiger partial charge in [0.15, 0.2) is 0 Å². The Balaban J connectivity index is 2.44. The summed E-state index contributed by atoms with van der Waals surface area (Å²) in [6.45, 7) is 7.31. The Bertz CT molecular complexity index is 395. The second-order valence-corrected chi connectivity index (χ2v) is 5.03. The number of hydrogen-bond acceptors (Lipinski definition) is 2. The highest BCUT2D eigenvalue weighted by Gasteiger charge is 2.05. The van der Waals surface area contributed by atoms with Crippen LogP contribution in [-0.2, 0) is 0 Å². The van der Waals surface area contributed by atoms with E-state index in [2.05, 4.69) is 32.6 Å². The Morgan fingerprint density at radius 2 is 1.83 bits per heavy atom. The lowest BCUT2D eigenvalue weighted by Crippen LogP contribution is -2.10. The van der Waals surface area contributed by atoms with E-state index in [4.69, 9.17) is 9.84 Å². The predicted molar refractivity (Wildman–Crippen MR) is 74.5 cm³/mol. The van der Waals surface area contributed by atoms with Gasteiger partial charge in [-0.3, -0.25) is 0 Å². The first-order valence-corrected chi connectivity index (χ1v) is 6.44. The molecule has 1 aromatic rings. The maximum Gasteiger partial charge on any atom is 0.119 e. The van der Waals surface area contributed by atoms with E-state index in [1.807, 2.05) is 24.3 Å². The maximum absolute atomic E-state index is 8.60. The number of rotatable bonds is 5. The minimum absolute atomic E-state index is 0.106. The summed E-state index contributed by atoms with van der Waals surface area (Å²) in [6.07, 6.45) is 1.18. The van der Waals surface area contributed by atoms with Gasteiger partial charge in [0.05, 0.1) is 6.61 Å². The number of hydrogen-bond donors (Lipinski definition) is 1. The molecule has 1 unspecified atom stereocenters. The molecule has 0 aliphatic carbocycles. The van der Waals surface area contributed by atoms with Crippen molar-refractivity contribution in [1.82, 2.24) is 0 Å². The van der Waals surface area contributed by atoms with Gasteiger partial charge >= 0.3 is 0 Å². The molecule has 1 atom stereocenters.